The molecule has 208 valence electrons. The molecule has 2 aromatic rings. The number of aromatic carboxylic acids is 1. The van der Waals surface area contributed by atoms with Gasteiger partial charge in [-0.15, -0.1) is 11.8 Å². The van der Waals surface area contributed by atoms with Crippen molar-refractivity contribution >= 4 is 40.7 Å². The Kier molecular flexibility index (Phi) is 14.1. The zero-order valence-corrected chi connectivity index (χ0v) is 24.8. The number of carbonyl (C=O) groups is 1. The van der Waals surface area contributed by atoms with Crippen molar-refractivity contribution in [2.45, 2.75) is 90.4 Å². The van der Waals surface area contributed by atoms with Crippen molar-refractivity contribution in [2.24, 2.45) is 0 Å². The molecule has 2 unspecified atom stereocenters. The summed E-state index contributed by atoms with van der Waals surface area (Å²) in [6.07, 6.45) is 5.74. The zero-order chi connectivity index (χ0) is 27.4. The number of rotatable bonds is 14. The monoisotopic (exact) mass is 552 g/mol. The number of carboxylic acids is 1. The van der Waals surface area contributed by atoms with E-state index in [4.69, 9.17) is 8.92 Å². The molecule has 3 atom stereocenters. The van der Waals surface area contributed by atoms with E-state index in [1.807, 2.05) is 24.5 Å². The van der Waals surface area contributed by atoms with Gasteiger partial charge in [0, 0.05) is 53.7 Å². The molecule has 0 spiro atoms. The molecule has 0 radical (unpaired) electrons. The van der Waals surface area contributed by atoms with E-state index >= 15 is 0 Å². The van der Waals surface area contributed by atoms with Crippen molar-refractivity contribution in [3.8, 4) is 0 Å². The quantitative estimate of drug-likeness (QED) is 0.163. The molecule has 9 heteroatoms. The average molecular weight is 553 g/mol. The van der Waals surface area contributed by atoms with Gasteiger partial charge in [0.25, 0.3) is 0 Å². The number of hydrogen-bond donors (Lipinski definition) is 2. The lowest BCUT2D eigenvalue weighted by atomic mass is 9.96. The highest BCUT2D eigenvalue weighted by atomic mass is 32.2. The molecule has 0 fully saturated rings. The summed E-state index contributed by atoms with van der Waals surface area (Å²) in [5, 5.41) is 13.4. The molecular weight excluding hydrogens is 508 g/mol. The second-order valence-corrected chi connectivity index (χ2v) is 11.5. The Balaban J connectivity index is 0.00000153. The molecule has 2 N–H and O–H groups in total. The highest BCUT2D eigenvalue weighted by Crippen LogP contribution is 2.33. The van der Waals surface area contributed by atoms with Crippen LogP contribution in [-0.4, -0.2) is 59.1 Å². The lowest BCUT2D eigenvalue weighted by Crippen LogP contribution is -2.25. The standard InChI is InChI=1S/C25H36N2O5S2.C3H8/c1-5-10-31-17(3)18(4)32-34-12-9-26-8-11-33-20-13-19-7-6-16(2)27-15-22(25(29)30)24(28)21(14-20)23(19)27;1-3-2/h13-18,26H,5-12H2,1-4H3,(H,29,30);3H2,1-2H3/t16?,17?,18-;/m1./s1. The predicted molar refractivity (Wildman–Crippen MR) is 156 cm³/mol. The van der Waals surface area contributed by atoms with Gasteiger partial charge in [-0.1, -0.05) is 27.2 Å². The van der Waals surface area contributed by atoms with Crippen LogP contribution in [0.1, 0.15) is 82.8 Å². The van der Waals surface area contributed by atoms with Gasteiger partial charge in [0.1, 0.15) is 5.56 Å². The summed E-state index contributed by atoms with van der Waals surface area (Å²) in [7, 11) is 0. The van der Waals surface area contributed by atoms with Crippen molar-refractivity contribution in [3.63, 3.8) is 0 Å². The third-order valence-electron chi connectivity index (χ3n) is 6.09. The van der Waals surface area contributed by atoms with Crippen LogP contribution >= 0.6 is 23.8 Å². The first kappa shape index (κ1) is 31.7. The van der Waals surface area contributed by atoms with E-state index in [1.54, 1.807) is 11.8 Å². The Morgan fingerprint density at radius 1 is 1.19 bits per heavy atom. The summed E-state index contributed by atoms with van der Waals surface area (Å²) >= 11 is 3.15. The number of pyridine rings is 1. The van der Waals surface area contributed by atoms with Gasteiger partial charge in [0.15, 0.2) is 0 Å². The molecule has 1 aromatic carbocycles. The third kappa shape index (κ3) is 9.32. The highest BCUT2D eigenvalue weighted by Gasteiger charge is 2.23. The van der Waals surface area contributed by atoms with Gasteiger partial charge in [-0.2, -0.15) is 0 Å². The van der Waals surface area contributed by atoms with E-state index in [9.17, 15) is 14.7 Å². The lowest BCUT2D eigenvalue weighted by Gasteiger charge is -2.27. The van der Waals surface area contributed by atoms with Crippen molar-refractivity contribution in [2.75, 3.05) is 31.2 Å². The molecule has 0 aliphatic carbocycles. The van der Waals surface area contributed by atoms with Crippen LogP contribution in [0.3, 0.4) is 0 Å². The van der Waals surface area contributed by atoms with Gasteiger partial charge in [0.2, 0.25) is 5.43 Å². The van der Waals surface area contributed by atoms with E-state index in [0.717, 1.165) is 66.4 Å². The molecule has 0 amide bonds. The maximum Gasteiger partial charge on any atom is 0.341 e. The molecule has 3 rings (SSSR count). The van der Waals surface area contributed by atoms with Crippen LogP contribution < -0.4 is 10.7 Å². The van der Waals surface area contributed by atoms with E-state index in [2.05, 4.69) is 39.1 Å². The summed E-state index contributed by atoms with van der Waals surface area (Å²) < 4.78 is 13.4. The minimum atomic E-state index is -1.17. The number of nitrogens with one attached hydrogen (secondary N) is 1. The summed E-state index contributed by atoms with van der Waals surface area (Å²) in [6.45, 7) is 14.9. The number of carboxylic acid groups (broad SMARTS) is 1. The van der Waals surface area contributed by atoms with Crippen LogP contribution in [0.4, 0.5) is 0 Å². The maximum atomic E-state index is 12.9. The average Bonchev–Trinajstić information content (AvgIpc) is 2.87. The van der Waals surface area contributed by atoms with Gasteiger partial charge in [-0.25, -0.2) is 4.79 Å². The fraction of sp³-hybridized carbons (Fsp3) is 0.643. The second kappa shape index (κ2) is 16.4. The number of benzene rings is 1. The number of ether oxygens (including phenoxy) is 1. The largest absolute Gasteiger partial charge is 0.477 e. The summed E-state index contributed by atoms with van der Waals surface area (Å²) in [6, 6.07) is 4.19. The van der Waals surface area contributed by atoms with Crippen LogP contribution in [0.25, 0.3) is 10.9 Å². The van der Waals surface area contributed by atoms with Gasteiger partial charge in [-0.3, -0.25) is 4.79 Å². The number of aryl methyl sites for hydroxylation is 1. The van der Waals surface area contributed by atoms with Crippen molar-refractivity contribution < 1.29 is 18.8 Å². The van der Waals surface area contributed by atoms with Crippen molar-refractivity contribution in [3.05, 3.63) is 39.7 Å². The van der Waals surface area contributed by atoms with Crippen molar-refractivity contribution in [1.82, 2.24) is 9.88 Å². The minimum absolute atomic E-state index is 0.0512. The summed E-state index contributed by atoms with van der Waals surface area (Å²) in [5.74, 6) is 0.542. The first-order valence-electron chi connectivity index (χ1n) is 13.4. The van der Waals surface area contributed by atoms with E-state index in [1.165, 1.54) is 24.7 Å². The molecule has 1 aliphatic rings. The Hall–Kier alpha value is -1.52. The predicted octanol–water partition coefficient (Wildman–Crippen LogP) is 6.17. The second-order valence-electron chi connectivity index (χ2n) is 9.46. The summed E-state index contributed by atoms with van der Waals surface area (Å²) in [5.41, 5.74) is 1.46. The van der Waals surface area contributed by atoms with E-state index < -0.39 is 11.4 Å². The zero-order valence-electron chi connectivity index (χ0n) is 23.2. The first-order valence-corrected chi connectivity index (χ1v) is 15.3. The van der Waals surface area contributed by atoms with Crippen LogP contribution in [-0.2, 0) is 15.3 Å². The topological polar surface area (TPSA) is 89.8 Å². The Bertz CT molecular complexity index is 1060. The fourth-order valence-corrected chi connectivity index (χ4v) is 5.58. The molecular formula is C28H44N2O5S2. The van der Waals surface area contributed by atoms with Crippen molar-refractivity contribution in [1.29, 1.82) is 0 Å². The van der Waals surface area contributed by atoms with Crippen LogP contribution in [0.2, 0.25) is 0 Å². The molecule has 0 bridgehead atoms. The van der Waals surface area contributed by atoms with Crippen LogP contribution in [0, 0.1) is 0 Å². The molecule has 1 aromatic heterocycles. The van der Waals surface area contributed by atoms with Gasteiger partial charge in [0.05, 0.1) is 17.7 Å². The fourth-order valence-electron chi connectivity index (χ4n) is 3.98. The third-order valence-corrected chi connectivity index (χ3v) is 7.88. The minimum Gasteiger partial charge on any atom is -0.477 e. The van der Waals surface area contributed by atoms with Crippen LogP contribution in [0.15, 0.2) is 28.0 Å². The van der Waals surface area contributed by atoms with E-state index in [-0.39, 0.29) is 23.8 Å². The molecule has 1 aliphatic heterocycles. The smallest absolute Gasteiger partial charge is 0.341 e. The number of nitrogens with zero attached hydrogens (tertiary/aromatic N) is 1. The number of aromatic nitrogens is 1. The Labute approximate surface area is 230 Å². The maximum absolute atomic E-state index is 12.9. The van der Waals surface area contributed by atoms with Gasteiger partial charge >= 0.3 is 5.97 Å². The SMILES string of the molecule is CCC.CCCOC(C)[C@@H](C)OSCCNCCSc1cc2c3c(c1)c(=O)c(C(=O)O)cn3C(C)CC2. The van der Waals surface area contributed by atoms with Gasteiger partial charge in [-0.05, 0) is 69.8 Å². The van der Waals surface area contributed by atoms with E-state index in [0.29, 0.717) is 5.39 Å². The van der Waals surface area contributed by atoms with Crippen LogP contribution in [0.5, 0.6) is 0 Å². The normalized spacial score (nSPS) is 16.2. The number of hydrogen-bond acceptors (Lipinski definition) is 7. The lowest BCUT2D eigenvalue weighted by molar-refractivity contribution is 0.000487. The molecule has 0 saturated heterocycles. The molecule has 7 nitrogen and oxygen atoms in total. The number of thioether (sulfide) groups is 1. The molecule has 37 heavy (non-hydrogen) atoms. The highest BCUT2D eigenvalue weighted by molar-refractivity contribution is 7.99. The van der Waals surface area contributed by atoms with Gasteiger partial charge < -0.3 is 23.9 Å². The first-order chi connectivity index (χ1) is 17.7. The summed E-state index contributed by atoms with van der Waals surface area (Å²) in [4.78, 5) is 25.5. The molecule has 2 heterocycles. The molecule has 0 saturated carbocycles. The Morgan fingerprint density at radius 2 is 1.89 bits per heavy atom. The Morgan fingerprint density at radius 3 is 2.57 bits per heavy atom.